The first-order valence-electron chi connectivity index (χ1n) is 11.9. The highest BCUT2D eigenvalue weighted by Gasteiger charge is 2.37. The smallest absolute Gasteiger partial charge is 0.112 e. The van der Waals surface area contributed by atoms with Crippen molar-refractivity contribution < 1.29 is 23.7 Å². The van der Waals surface area contributed by atoms with Gasteiger partial charge in [-0.1, -0.05) is 0 Å². The fourth-order valence-electron chi connectivity index (χ4n) is 3.34. The van der Waals surface area contributed by atoms with Crippen LogP contribution in [-0.4, -0.2) is 64.6 Å². The Balaban J connectivity index is 6.02. The Labute approximate surface area is 213 Å². The van der Waals surface area contributed by atoms with Crippen LogP contribution >= 0.6 is 0 Å². The second-order valence-electron chi connectivity index (χ2n) is 7.58. The van der Waals surface area contributed by atoms with Gasteiger partial charge in [-0.05, 0) is 12.8 Å². The van der Waals surface area contributed by atoms with Gasteiger partial charge in [-0.15, -0.1) is 0 Å². The number of hydrogen-bond donors (Lipinski definition) is 0. The second-order valence-corrected chi connectivity index (χ2v) is 7.58. The quantitative estimate of drug-likeness (QED) is 0.188. The zero-order valence-electron chi connectivity index (χ0n) is 20.6. The molecule has 0 aliphatic heterocycles. The average molecular weight is 499 g/mol. The molecule has 0 heterocycles. The van der Waals surface area contributed by atoms with Gasteiger partial charge in [0.1, 0.15) is 12.2 Å². The van der Waals surface area contributed by atoms with Crippen LogP contribution in [0.15, 0.2) is 0 Å². The largest absolute Gasteiger partial charge is 0.380 e. The Morgan fingerprint density at radius 1 is 0.472 bits per heavy atom. The van der Waals surface area contributed by atoms with Crippen LogP contribution in [-0.2, 0) is 23.7 Å². The summed E-state index contributed by atoms with van der Waals surface area (Å²) >= 11 is 0. The molecule has 11 heteroatoms. The summed E-state index contributed by atoms with van der Waals surface area (Å²) in [6.45, 7) is 1.02. The van der Waals surface area contributed by atoms with Gasteiger partial charge in [-0.2, -0.15) is 31.6 Å². The third-order valence-corrected chi connectivity index (χ3v) is 4.94. The van der Waals surface area contributed by atoms with Gasteiger partial charge in [0.15, 0.2) is 0 Å². The van der Waals surface area contributed by atoms with Crippen LogP contribution in [0.4, 0.5) is 0 Å². The summed E-state index contributed by atoms with van der Waals surface area (Å²) in [6.07, 6.45) is 0.186. The van der Waals surface area contributed by atoms with E-state index in [-0.39, 0.29) is 84.3 Å². The predicted molar refractivity (Wildman–Crippen MR) is 125 cm³/mol. The van der Waals surface area contributed by atoms with Crippen molar-refractivity contribution in [3.05, 3.63) is 0 Å². The fourth-order valence-corrected chi connectivity index (χ4v) is 3.34. The molecule has 0 aromatic heterocycles. The van der Waals surface area contributed by atoms with Crippen LogP contribution in [0.3, 0.4) is 0 Å². The molecule has 0 bridgehead atoms. The molecular weight excluding hydrogens is 464 g/mol. The Hall–Kier alpha value is -3.26. The van der Waals surface area contributed by atoms with E-state index in [1.165, 1.54) is 0 Å². The number of nitrogens with zero attached hydrogens (tertiary/aromatic N) is 6. The molecular formula is C25H34N6O5. The minimum atomic E-state index is -0.746. The van der Waals surface area contributed by atoms with Crippen LogP contribution in [0.5, 0.6) is 0 Å². The number of rotatable bonds is 23. The lowest BCUT2D eigenvalue weighted by Crippen LogP contribution is -2.50. The van der Waals surface area contributed by atoms with Gasteiger partial charge in [0.05, 0.1) is 121 Å². The number of nitriles is 6. The standard InChI is InChI=1S/C25H34N6O5/c26-9-2-1-8-22(20-32-15-3-10-27)24(35-18-6-13-30)25(36-19-7-14-31)23(34-17-5-12-29)21-33-16-4-11-28/h22-25H,1-8,15-21H2/t22-,23+,24-,25-/m1/s1. The van der Waals surface area contributed by atoms with Gasteiger partial charge in [-0.25, -0.2) is 0 Å². The molecule has 194 valence electrons. The van der Waals surface area contributed by atoms with Gasteiger partial charge >= 0.3 is 0 Å². The van der Waals surface area contributed by atoms with Crippen LogP contribution in [0, 0.1) is 73.9 Å². The van der Waals surface area contributed by atoms with Crippen molar-refractivity contribution in [3.8, 4) is 36.4 Å². The van der Waals surface area contributed by atoms with Crippen molar-refractivity contribution in [2.45, 2.75) is 69.7 Å². The number of ether oxygens (including phenoxy) is 5. The fraction of sp³-hybridized carbons (Fsp3) is 0.760. The van der Waals surface area contributed by atoms with E-state index in [2.05, 4.69) is 6.07 Å². The van der Waals surface area contributed by atoms with Gasteiger partial charge in [0.25, 0.3) is 0 Å². The van der Waals surface area contributed by atoms with Gasteiger partial charge in [0.2, 0.25) is 0 Å². The molecule has 0 amide bonds. The Morgan fingerprint density at radius 2 is 0.917 bits per heavy atom. The highest BCUT2D eigenvalue weighted by molar-refractivity contribution is 4.88. The minimum Gasteiger partial charge on any atom is -0.380 e. The minimum absolute atomic E-state index is 0.0582. The highest BCUT2D eigenvalue weighted by Crippen LogP contribution is 2.26. The lowest BCUT2D eigenvalue weighted by atomic mass is 9.90. The Kier molecular flexibility index (Phi) is 22.6. The topological polar surface area (TPSA) is 189 Å². The summed E-state index contributed by atoms with van der Waals surface area (Å²) in [5.74, 6) is -0.274. The van der Waals surface area contributed by atoms with Crippen molar-refractivity contribution in [3.63, 3.8) is 0 Å². The van der Waals surface area contributed by atoms with E-state index in [4.69, 9.17) is 55.3 Å². The highest BCUT2D eigenvalue weighted by atomic mass is 16.6. The Bertz CT molecular complexity index is 746. The molecule has 4 atom stereocenters. The Morgan fingerprint density at radius 3 is 1.44 bits per heavy atom. The molecule has 0 aliphatic carbocycles. The van der Waals surface area contributed by atoms with E-state index in [1.54, 1.807) is 0 Å². The van der Waals surface area contributed by atoms with Crippen molar-refractivity contribution >= 4 is 0 Å². The first-order valence-corrected chi connectivity index (χ1v) is 11.9. The zero-order chi connectivity index (χ0) is 26.7. The molecule has 0 unspecified atom stereocenters. The molecule has 0 aromatic carbocycles. The summed E-state index contributed by atoms with van der Waals surface area (Å²) in [6, 6.07) is 12.3. The third kappa shape index (κ3) is 16.4. The van der Waals surface area contributed by atoms with E-state index in [0.717, 1.165) is 0 Å². The molecule has 0 rings (SSSR count). The normalized spacial score (nSPS) is 13.5. The maximum absolute atomic E-state index is 9.03. The first kappa shape index (κ1) is 32.7. The van der Waals surface area contributed by atoms with E-state index in [1.807, 2.05) is 30.3 Å². The summed E-state index contributed by atoms with van der Waals surface area (Å²) in [4.78, 5) is 0. The average Bonchev–Trinajstić information content (AvgIpc) is 2.88. The summed E-state index contributed by atoms with van der Waals surface area (Å²) in [7, 11) is 0. The maximum Gasteiger partial charge on any atom is 0.112 e. The predicted octanol–water partition coefficient (Wildman–Crippen LogP) is 3.05. The second kappa shape index (κ2) is 24.9. The summed E-state index contributed by atoms with van der Waals surface area (Å²) in [5, 5.41) is 53.7. The molecule has 0 saturated carbocycles. The summed E-state index contributed by atoms with van der Waals surface area (Å²) < 4.78 is 29.5. The monoisotopic (exact) mass is 498 g/mol. The molecule has 0 saturated heterocycles. The molecule has 0 N–H and O–H groups in total. The van der Waals surface area contributed by atoms with Crippen molar-refractivity contribution in [2.75, 3.05) is 46.2 Å². The van der Waals surface area contributed by atoms with E-state index < -0.39 is 18.3 Å². The molecule has 0 spiro atoms. The van der Waals surface area contributed by atoms with Gasteiger partial charge in [-0.3, -0.25) is 0 Å². The van der Waals surface area contributed by atoms with Crippen molar-refractivity contribution in [2.24, 2.45) is 5.92 Å². The molecule has 36 heavy (non-hydrogen) atoms. The first-order chi connectivity index (χ1) is 17.7. The lowest BCUT2D eigenvalue weighted by molar-refractivity contribution is -0.173. The van der Waals surface area contributed by atoms with Crippen LogP contribution in [0.2, 0.25) is 0 Å². The molecule has 0 aliphatic rings. The molecule has 11 nitrogen and oxygen atoms in total. The van der Waals surface area contributed by atoms with E-state index in [0.29, 0.717) is 19.3 Å². The van der Waals surface area contributed by atoms with Crippen LogP contribution in [0.25, 0.3) is 0 Å². The summed E-state index contributed by atoms with van der Waals surface area (Å²) in [5.41, 5.74) is 0. The number of hydrogen-bond acceptors (Lipinski definition) is 11. The number of unbranched alkanes of at least 4 members (excludes halogenated alkanes) is 1. The third-order valence-electron chi connectivity index (χ3n) is 4.94. The lowest BCUT2D eigenvalue weighted by Gasteiger charge is -2.37. The van der Waals surface area contributed by atoms with Crippen molar-refractivity contribution in [1.82, 2.24) is 0 Å². The van der Waals surface area contributed by atoms with Crippen LogP contribution in [0.1, 0.15) is 51.4 Å². The van der Waals surface area contributed by atoms with Gasteiger partial charge in [0, 0.05) is 12.3 Å². The maximum atomic E-state index is 9.03. The SMILES string of the molecule is N#CCCC[C@H](COCCC#N)[C@@H](OCCC#N)[C@H](OCCC#N)[C@H](COCCC#N)OCCC#N. The molecule has 0 radical (unpaired) electrons. The molecule has 0 fully saturated rings. The van der Waals surface area contributed by atoms with Crippen molar-refractivity contribution in [1.29, 1.82) is 31.6 Å². The van der Waals surface area contributed by atoms with E-state index >= 15 is 0 Å². The van der Waals surface area contributed by atoms with E-state index in [9.17, 15) is 0 Å². The van der Waals surface area contributed by atoms with Crippen LogP contribution < -0.4 is 0 Å². The molecule has 0 aromatic rings. The zero-order valence-corrected chi connectivity index (χ0v) is 20.6. The van der Waals surface area contributed by atoms with Gasteiger partial charge < -0.3 is 23.7 Å².